The Morgan fingerprint density at radius 1 is 1.24 bits per heavy atom. The van der Waals surface area contributed by atoms with Crippen LogP contribution >= 0.6 is 0 Å². The molecule has 0 saturated heterocycles. The molecule has 0 aromatic rings. The van der Waals surface area contributed by atoms with E-state index in [4.69, 9.17) is 0 Å². The van der Waals surface area contributed by atoms with Crippen molar-refractivity contribution >= 4 is 18.6 Å². The van der Waals surface area contributed by atoms with Gasteiger partial charge in [0.25, 0.3) is 0 Å². The molecule has 144 valence electrons. The van der Waals surface area contributed by atoms with Crippen LogP contribution in [-0.4, -0.2) is 52.9 Å². The average Bonchev–Trinajstić information content (AvgIpc) is 3.13. The van der Waals surface area contributed by atoms with Crippen LogP contribution in [0.25, 0.3) is 0 Å². The van der Waals surface area contributed by atoms with Gasteiger partial charge in [-0.05, 0) is 25.7 Å². The molecule has 1 N–H and O–H groups in total. The summed E-state index contributed by atoms with van der Waals surface area (Å²) in [6.07, 6.45) is 10.6. The van der Waals surface area contributed by atoms with Gasteiger partial charge in [-0.2, -0.15) is 0 Å². The van der Waals surface area contributed by atoms with E-state index >= 15 is 0 Å². The Morgan fingerprint density at radius 3 is 2.48 bits per heavy atom. The first-order chi connectivity index (χ1) is 12.0. The van der Waals surface area contributed by atoms with Crippen molar-refractivity contribution in [2.75, 3.05) is 13.1 Å². The van der Waals surface area contributed by atoms with Crippen molar-refractivity contribution in [2.24, 2.45) is 11.8 Å². The van der Waals surface area contributed by atoms with Gasteiger partial charge in [-0.3, -0.25) is 14.8 Å². The fourth-order valence-electron chi connectivity index (χ4n) is 3.66. The van der Waals surface area contributed by atoms with E-state index in [1.807, 2.05) is 6.92 Å². The predicted octanol–water partition coefficient (Wildman–Crippen LogP) is 3.03. The van der Waals surface area contributed by atoms with Gasteiger partial charge in [0.15, 0.2) is 0 Å². The van der Waals surface area contributed by atoms with Crippen molar-refractivity contribution in [3.05, 3.63) is 0 Å². The van der Waals surface area contributed by atoms with E-state index in [-0.39, 0.29) is 12.5 Å². The average molecular weight is 354 g/mol. The quantitative estimate of drug-likeness (QED) is 0.313. The highest BCUT2D eigenvalue weighted by Crippen LogP contribution is 2.30. The standard InChI is InChI=1S/C19H34N2O4/c1-3-4-12-21(16(2)14-22)19(24)18(13-20(25)15-23)11-7-10-17-8-5-6-9-17/h14-18,25H,3-13H2,1-2H3. The number of carbonyl (C=O) groups is 3. The molecule has 25 heavy (non-hydrogen) atoms. The lowest BCUT2D eigenvalue weighted by atomic mass is 9.94. The minimum absolute atomic E-state index is 0.0127. The second-order valence-electron chi connectivity index (χ2n) is 7.27. The minimum Gasteiger partial charge on any atom is -0.333 e. The van der Waals surface area contributed by atoms with E-state index < -0.39 is 12.0 Å². The van der Waals surface area contributed by atoms with Gasteiger partial charge in [0.2, 0.25) is 12.3 Å². The maximum Gasteiger partial charge on any atom is 0.233 e. The first-order valence-corrected chi connectivity index (χ1v) is 9.70. The Labute approximate surface area is 151 Å². The van der Waals surface area contributed by atoms with Crippen molar-refractivity contribution in [1.29, 1.82) is 0 Å². The van der Waals surface area contributed by atoms with Crippen LogP contribution in [-0.2, 0) is 14.4 Å². The third kappa shape index (κ3) is 7.55. The molecule has 6 nitrogen and oxygen atoms in total. The summed E-state index contributed by atoms with van der Waals surface area (Å²) in [7, 11) is 0. The fraction of sp³-hybridized carbons (Fsp3) is 0.842. The Morgan fingerprint density at radius 2 is 1.92 bits per heavy atom. The molecule has 2 atom stereocenters. The van der Waals surface area contributed by atoms with Crippen molar-refractivity contribution in [1.82, 2.24) is 9.96 Å². The van der Waals surface area contributed by atoms with Crippen LogP contribution < -0.4 is 0 Å². The van der Waals surface area contributed by atoms with E-state index in [1.54, 1.807) is 11.8 Å². The van der Waals surface area contributed by atoms with Crippen LogP contribution in [0.1, 0.15) is 71.6 Å². The van der Waals surface area contributed by atoms with Crippen molar-refractivity contribution in [3.63, 3.8) is 0 Å². The Kier molecular flexibility index (Phi) is 10.4. The van der Waals surface area contributed by atoms with Gasteiger partial charge < -0.3 is 9.69 Å². The molecule has 0 spiro atoms. The first kappa shape index (κ1) is 21.6. The number of carbonyl (C=O) groups excluding carboxylic acids is 3. The van der Waals surface area contributed by atoms with Gasteiger partial charge in [-0.1, -0.05) is 51.9 Å². The second-order valence-corrected chi connectivity index (χ2v) is 7.27. The van der Waals surface area contributed by atoms with E-state index in [2.05, 4.69) is 0 Å². The molecular weight excluding hydrogens is 320 g/mol. The molecular formula is C19H34N2O4. The van der Waals surface area contributed by atoms with Crippen LogP contribution in [0.4, 0.5) is 0 Å². The normalized spacial score (nSPS) is 17.1. The summed E-state index contributed by atoms with van der Waals surface area (Å²) in [4.78, 5) is 36.5. The summed E-state index contributed by atoms with van der Waals surface area (Å²) in [6, 6.07) is -0.486. The van der Waals surface area contributed by atoms with Gasteiger partial charge in [0, 0.05) is 6.54 Å². The van der Waals surface area contributed by atoms with E-state index in [0.717, 1.165) is 37.9 Å². The summed E-state index contributed by atoms with van der Waals surface area (Å²) >= 11 is 0. The largest absolute Gasteiger partial charge is 0.333 e. The van der Waals surface area contributed by atoms with Gasteiger partial charge >= 0.3 is 0 Å². The molecule has 1 aliphatic carbocycles. The van der Waals surface area contributed by atoms with Gasteiger partial charge in [0.05, 0.1) is 18.5 Å². The number of aldehydes is 1. The number of amides is 2. The van der Waals surface area contributed by atoms with Gasteiger partial charge in [0.1, 0.15) is 6.29 Å². The van der Waals surface area contributed by atoms with Crippen molar-refractivity contribution in [3.8, 4) is 0 Å². The Balaban J connectivity index is 2.69. The number of rotatable bonds is 13. The third-order valence-corrected chi connectivity index (χ3v) is 5.24. The molecule has 1 fully saturated rings. The van der Waals surface area contributed by atoms with Crippen LogP contribution in [0.15, 0.2) is 0 Å². The van der Waals surface area contributed by atoms with Crippen molar-refractivity contribution in [2.45, 2.75) is 77.7 Å². The number of hydrogen-bond donors (Lipinski definition) is 1. The maximum atomic E-state index is 12.9. The molecule has 1 rings (SSSR count). The van der Waals surface area contributed by atoms with E-state index in [1.165, 1.54) is 25.7 Å². The highest BCUT2D eigenvalue weighted by atomic mass is 16.5. The fourth-order valence-corrected chi connectivity index (χ4v) is 3.66. The van der Waals surface area contributed by atoms with Crippen LogP contribution in [0, 0.1) is 11.8 Å². The first-order valence-electron chi connectivity index (χ1n) is 9.70. The summed E-state index contributed by atoms with van der Waals surface area (Å²) in [5.74, 6) is 0.147. The molecule has 2 amide bonds. The Bertz CT molecular complexity index is 410. The van der Waals surface area contributed by atoms with E-state index in [0.29, 0.717) is 24.4 Å². The molecule has 0 aliphatic heterocycles. The SMILES string of the molecule is CCCCN(C(=O)C(CCCC1CCCC1)CN(O)C=O)C(C)C=O. The predicted molar refractivity (Wildman–Crippen MR) is 96.0 cm³/mol. The summed E-state index contributed by atoms with van der Waals surface area (Å²) in [6.45, 7) is 4.27. The lowest BCUT2D eigenvalue weighted by Crippen LogP contribution is -2.46. The van der Waals surface area contributed by atoms with Gasteiger partial charge in [-0.15, -0.1) is 0 Å². The van der Waals surface area contributed by atoms with Crippen molar-refractivity contribution < 1.29 is 19.6 Å². The zero-order valence-corrected chi connectivity index (χ0v) is 15.7. The smallest absolute Gasteiger partial charge is 0.233 e. The van der Waals surface area contributed by atoms with E-state index in [9.17, 15) is 19.6 Å². The molecule has 6 heteroatoms. The third-order valence-electron chi connectivity index (χ3n) is 5.24. The van der Waals surface area contributed by atoms with Crippen LogP contribution in [0.5, 0.6) is 0 Å². The highest BCUT2D eigenvalue weighted by Gasteiger charge is 2.28. The molecule has 0 heterocycles. The molecule has 0 bridgehead atoms. The molecule has 0 radical (unpaired) electrons. The second kappa shape index (κ2) is 12.0. The number of hydrogen-bond acceptors (Lipinski definition) is 4. The summed E-state index contributed by atoms with van der Waals surface area (Å²) in [5, 5.41) is 10.1. The van der Waals surface area contributed by atoms with Crippen LogP contribution in [0.2, 0.25) is 0 Å². The lowest BCUT2D eigenvalue weighted by molar-refractivity contribution is -0.158. The topological polar surface area (TPSA) is 77.9 Å². The highest BCUT2D eigenvalue weighted by molar-refractivity contribution is 5.82. The molecule has 1 aliphatic rings. The Hall–Kier alpha value is -1.43. The number of unbranched alkanes of at least 4 members (excludes halogenated alkanes) is 1. The molecule has 0 aromatic carbocycles. The zero-order valence-electron chi connectivity index (χ0n) is 15.7. The maximum absolute atomic E-state index is 12.9. The molecule has 1 saturated carbocycles. The lowest BCUT2D eigenvalue weighted by Gasteiger charge is -2.31. The zero-order chi connectivity index (χ0) is 18.7. The summed E-state index contributed by atoms with van der Waals surface area (Å²) in [5.41, 5.74) is 0. The minimum atomic E-state index is -0.486. The number of hydroxylamine groups is 2. The monoisotopic (exact) mass is 354 g/mol. The van der Waals surface area contributed by atoms with Gasteiger partial charge in [-0.25, -0.2) is 5.06 Å². The number of nitrogens with zero attached hydrogens (tertiary/aromatic N) is 2. The summed E-state index contributed by atoms with van der Waals surface area (Å²) < 4.78 is 0. The molecule has 2 unspecified atom stereocenters. The van der Waals surface area contributed by atoms with Crippen LogP contribution in [0.3, 0.4) is 0 Å². The molecule has 0 aromatic heterocycles.